The van der Waals surface area contributed by atoms with Crippen molar-refractivity contribution < 1.29 is 38.0 Å². The van der Waals surface area contributed by atoms with Gasteiger partial charge in [-0.3, -0.25) is 0 Å². The predicted molar refractivity (Wildman–Crippen MR) is 381 cm³/mol. The molecule has 0 bridgehead atoms. The van der Waals surface area contributed by atoms with Gasteiger partial charge in [-0.1, -0.05) is 196 Å². The summed E-state index contributed by atoms with van der Waals surface area (Å²) in [5, 5.41) is 6.45. The van der Waals surface area contributed by atoms with Crippen LogP contribution in [0.2, 0.25) is 0 Å². The zero-order valence-corrected chi connectivity index (χ0v) is 55.7. The molecule has 12 heteroatoms. The SMILES string of the molecule is Cc1ccc(-c2ccc3c(sc4c(F)c(C)ccc43)c2F)cc1.Cc1ccc(-c2ccc3c(sc4c(F)c(C)ccc43)c2F)cc1.Cc1ccc2c(sc3c(F)c(C4CCC(C)CC4)ccc32)c1F.Cc1ccc2c(sc3c(F)c(C4CCC(C)CC4)ccc32)c1F.[HH].[HH]. The highest BCUT2D eigenvalue weighted by molar-refractivity contribution is 7.27. The number of halogens is 8. The molecule has 0 aliphatic heterocycles. The Balaban J connectivity index is 0.000000127. The highest BCUT2D eigenvalue weighted by Crippen LogP contribution is 2.47. The Hall–Kier alpha value is -7.48. The van der Waals surface area contributed by atoms with Crippen LogP contribution >= 0.6 is 45.3 Å². The van der Waals surface area contributed by atoms with Gasteiger partial charge in [-0.2, -0.15) is 0 Å². The van der Waals surface area contributed by atoms with E-state index in [1.54, 1.807) is 64.1 Å². The van der Waals surface area contributed by atoms with Crippen LogP contribution in [0.4, 0.5) is 35.1 Å². The van der Waals surface area contributed by atoms with E-state index < -0.39 is 0 Å². The van der Waals surface area contributed by atoms with Crippen molar-refractivity contribution in [2.24, 2.45) is 11.8 Å². The van der Waals surface area contributed by atoms with Gasteiger partial charge in [-0.05, 0) is 135 Å². The minimum Gasteiger partial charge on any atom is -0.205 e. The zero-order valence-electron chi connectivity index (χ0n) is 52.5. The van der Waals surface area contributed by atoms with Crippen molar-refractivity contribution in [3.63, 3.8) is 0 Å². The Kier molecular flexibility index (Phi) is 17.7. The maximum absolute atomic E-state index is 15.1. The third kappa shape index (κ3) is 11.7. The second-order valence-corrected chi connectivity index (χ2v) is 29.7. The summed E-state index contributed by atoms with van der Waals surface area (Å²) in [7, 11) is 0. The van der Waals surface area contributed by atoms with Crippen molar-refractivity contribution in [3.8, 4) is 22.3 Å². The van der Waals surface area contributed by atoms with Gasteiger partial charge in [0, 0.05) is 57.1 Å². The lowest BCUT2D eigenvalue weighted by Gasteiger charge is -2.26. The fraction of sp³-hybridized carbons (Fsp3) is 0.250. The minimum atomic E-state index is -0.274. The quantitative estimate of drug-likeness (QED) is 0.154. The van der Waals surface area contributed by atoms with E-state index in [0.29, 0.717) is 82.8 Å². The van der Waals surface area contributed by atoms with Crippen LogP contribution < -0.4 is 0 Å². The summed E-state index contributed by atoms with van der Waals surface area (Å²) in [6.07, 6.45) is 8.91. The molecule has 0 spiro atoms. The minimum absolute atomic E-state index is 0. The highest BCUT2D eigenvalue weighted by atomic mass is 32.1. The Morgan fingerprint density at radius 1 is 0.261 bits per heavy atom. The smallest absolute Gasteiger partial charge is 0.148 e. The molecule has 4 aromatic heterocycles. The maximum atomic E-state index is 15.1. The lowest BCUT2D eigenvalue weighted by Crippen LogP contribution is -2.12. The molecular formula is C80H72F8S4. The van der Waals surface area contributed by atoms with Crippen LogP contribution in [0, 0.1) is 99.9 Å². The van der Waals surface area contributed by atoms with Crippen LogP contribution in [0.25, 0.3) is 103 Å². The Morgan fingerprint density at radius 3 is 0.761 bits per heavy atom. The second-order valence-electron chi connectivity index (χ2n) is 25.6. The maximum Gasteiger partial charge on any atom is 0.148 e. The molecule has 14 aromatic rings. The molecule has 2 saturated carbocycles. The first kappa shape index (κ1) is 63.3. The van der Waals surface area contributed by atoms with E-state index in [1.165, 1.54) is 71.0 Å². The van der Waals surface area contributed by atoms with Gasteiger partial charge in [0.25, 0.3) is 0 Å². The molecule has 2 aliphatic carbocycles. The third-order valence-electron chi connectivity index (χ3n) is 19.2. The molecule has 0 amide bonds. The number of benzene rings is 10. The normalized spacial score (nSPS) is 16.8. The van der Waals surface area contributed by atoms with Crippen LogP contribution in [0.1, 0.15) is 124 Å². The van der Waals surface area contributed by atoms with Crippen LogP contribution in [0.5, 0.6) is 0 Å². The molecule has 0 unspecified atom stereocenters. The van der Waals surface area contributed by atoms with Gasteiger partial charge in [0.05, 0.1) is 37.6 Å². The number of thiophene rings is 4. The first-order valence-electron chi connectivity index (χ1n) is 31.6. The molecule has 92 heavy (non-hydrogen) atoms. The van der Waals surface area contributed by atoms with E-state index in [1.807, 2.05) is 123 Å². The van der Waals surface area contributed by atoms with Crippen molar-refractivity contribution in [2.45, 2.75) is 119 Å². The van der Waals surface area contributed by atoms with Gasteiger partial charge in [0.15, 0.2) is 0 Å². The van der Waals surface area contributed by atoms with Gasteiger partial charge in [0.2, 0.25) is 0 Å². The van der Waals surface area contributed by atoms with Gasteiger partial charge in [-0.15, -0.1) is 45.3 Å². The highest BCUT2D eigenvalue weighted by Gasteiger charge is 2.27. The van der Waals surface area contributed by atoms with E-state index in [0.717, 1.165) is 114 Å². The van der Waals surface area contributed by atoms with Gasteiger partial charge >= 0.3 is 0 Å². The van der Waals surface area contributed by atoms with Gasteiger partial charge in [0.1, 0.15) is 46.5 Å². The molecule has 0 saturated heterocycles. The molecule has 2 aliphatic rings. The van der Waals surface area contributed by atoms with Crippen molar-refractivity contribution in [3.05, 3.63) is 237 Å². The van der Waals surface area contributed by atoms with Crippen LogP contribution in [0.3, 0.4) is 0 Å². The monoisotopic (exact) mass is 1310 g/mol. The summed E-state index contributed by atoms with van der Waals surface area (Å²) in [5.74, 6) is 0.403. The third-order valence-corrected chi connectivity index (χ3v) is 24.0. The molecule has 2 fully saturated rings. The van der Waals surface area contributed by atoms with Crippen molar-refractivity contribution in [1.29, 1.82) is 0 Å². The van der Waals surface area contributed by atoms with Crippen molar-refractivity contribution in [2.75, 3.05) is 0 Å². The summed E-state index contributed by atoms with van der Waals surface area (Å²) >= 11 is 4.90. The summed E-state index contributed by atoms with van der Waals surface area (Å²) in [4.78, 5) is 0. The Morgan fingerprint density at radius 2 is 0.489 bits per heavy atom. The lowest BCUT2D eigenvalue weighted by atomic mass is 9.79. The largest absolute Gasteiger partial charge is 0.205 e. The molecule has 0 atom stereocenters. The zero-order chi connectivity index (χ0) is 64.5. The van der Waals surface area contributed by atoms with Crippen molar-refractivity contribution in [1.82, 2.24) is 0 Å². The Labute approximate surface area is 549 Å². The number of rotatable bonds is 4. The summed E-state index contributed by atoms with van der Waals surface area (Å²) < 4.78 is 122. The van der Waals surface area contributed by atoms with E-state index in [2.05, 4.69) is 13.8 Å². The molecule has 0 nitrogen and oxygen atoms in total. The second kappa shape index (κ2) is 25.8. The van der Waals surface area contributed by atoms with Crippen LogP contribution in [0.15, 0.2) is 146 Å². The van der Waals surface area contributed by atoms with Gasteiger partial charge in [-0.25, -0.2) is 35.1 Å². The summed E-state index contributed by atoms with van der Waals surface area (Å²) in [6.45, 7) is 15.5. The van der Waals surface area contributed by atoms with Gasteiger partial charge < -0.3 is 0 Å². The Bertz CT molecular complexity index is 4840. The summed E-state index contributed by atoms with van der Waals surface area (Å²) in [6, 6.07) is 45.3. The number of fused-ring (bicyclic) bond motifs is 12. The number of hydrogen-bond donors (Lipinski definition) is 0. The van der Waals surface area contributed by atoms with Crippen molar-refractivity contribution >= 4 is 126 Å². The van der Waals surface area contributed by atoms with Crippen LogP contribution in [-0.4, -0.2) is 0 Å². The van der Waals surface area contributed by atoms with E-state index in [9.17, 15) is 17.6 Å². The first-order chi connectivity index (χ1) is 44.2. The molecular weight excluding hydrogens is 1240 g/mol. The average Bonchev–Trinajstić information content (AvgIpc) is 1.65. The van der Waals surface area contributed by atoms with E-state index >= 15 is 17.6 Å². The number of hydrogen-bond acceptors (Lipinski definition) is 4. The average molecular weight is 1310 g/mol. The standard InChI is InChI=1S/2C20H20F2S.2C20H14F2S.2H2/c4*1-11-3-6-13(7-4-11)14-9-10-16-15-8-5-12(2)17(21)19(15)23-20(16)18(14)22;;/h2*5,8-11,13H,3-4,6-7H2,1-2H3;2*3-10H,1-2H3;2*1H. The molecule has 4 heterocycles. The van der Waals surface area contributed by atoms with Crippen LogP contribution in [-0.2, 0) is 0 Å². The fourth-order valence-corrected chi connectivity index (χ4v) is 18.4. The molecule has 0 N–H and O–H groups in total. The topological polar surface area (TPSA) is 0 Å². The summed E-state index contributed by atoms with van der Waals surface area (Å²) in [5.41, 5.74) is 9.12. The predicted octanol–water partition coefficient (Wildman–Crippen LogP) is 27.6. The number of aryl methyl sites for hydroxylation is 6. The molecule has 472 valence electrons. The first-order valence-corrected chi connectivity index (χ1v) is 34.8. The molecule has 16 rings (SSSR count). The lowest BCUT2D eigenvalue weighted by molar-refractivity contribution is 0.343. The fourth-order valence-electron chi connectivity index (χ4n) is 13.5. The molecule has 0 radical (unpaired) electrons. The van der Waals surface area contributed by atoms with E-state index in [-0.39, 0.29) is 49.4 Å². The van der Waals surface area contributed by atoms with E-state index in [4.69, 9.17) is 0 Å². The molecule has 10 aromatic carbocycles.